The molecule has 4 heteroatoms. The van der Waals surface area contributed by atoms with Gasteiger partial charge in [0.25, 0.3) is 0 Å². The number of nitrogens with two attached hydrogens (primary N) is 1. The Labute approximate surface area is 178 Å². The van der Waals surface area contributed by atoms with Crippen molar-refractivity contribution in [1.82, 2.24) is 9.97 Å². The number of aliphatic hydroxyl groups excluding tert-OH is 1. The van der Waals surface area contributed by atoms with Crippen LogP contribution < -0.4 is 5.73 Å². The Morgan fingerprint density at radius 1 is 1.24 bits per heavy atom. The van der Waals surface area contributed by atoms with Crippen molar-refractivity contribution in [2.75, 3.05) is 6.54 Å². The Hall–Kier alpha value is -1.65. The van der Waals surface area contributed by atoms with E-state index in [2.05, 4.69) is 44.8 Å². The quantitative estimate of drug-likeness (QED) is 0.542. The number of H-pyrrole nitrogens is 1. The Balaban J connectivity index is 0.000000454. The zero-order chi connectivity index (χ0) is 22.0. The standard InChI is InChI=1S/C18H26N2O.C5H11N.C2H6/c1-5-17(21)16-10-15-14(20-16)9-11-8-12(18(2,3)4)6-7-13(11)19-15;1-2-3-4-5-6;1-2/h9-10,12,17,20-21H,5-8H2,1-4H3;3-4H,2,5-6H2,1H3;1-2H3/b;4-3+;. The molecule has 0 saturated heterocycles. The van der Waals surface area contributed by atoms with Crippen LogP contribution in [0.15, 0.2) is 24.3 Å². The molecule has 0 spiro atoms. The second-order valence-electron chi connectivity index (χ2n) is 8.60. The third-order valence-electron chi connectivity index (χ3n) is 5.50. The van der Waals surface area contributed by atoms with Gasteiger partial charge in [-0.15, -0.1) is 0 Å². The van der Waals surface area contributed by atoms with Crippen LogP contribution in [0.25, 0.3) is 11.0 Å². The first kappa shape index (κ1) is 25.4. The second-order valence-corrected chi connectivity index (χ2v) is 8.60. The molecular weight excluding hydrogens is 358 g/mol. The summed E-state index contributed by atoms with van der Waals surface area (Å²) < 4.78 is 0. The van der Waals surface area contributed by atoms with Gasteiger partial charge in [-0.3, -0.25) is 4.98 Å². The predicted octanol–water partition coefficient (Wildman–Crippen LogP) is 6.09. The molecule has 2 atom stereocenters. The molecule has 3 rings (SSSR count). The predicted molar refractivity (Wildman–Crippen MR) is 126 cm³/mol. The third kappa shape index (κ3) is 7.27. The Morgan fingerprint density at radius 3 is 2.45 bits per heavy atom. The molecular formula is C25H43N3O. The Bertz CT molecular complexity index is 749. The maximum Gasteiger partial charge on any atom is 0.0936 e. The van der Waals surface area contributed by atoms with E-state index in [1.165, 1.54) is 17.7 Å². The van der Waals surface area contributed by atoms with Gasteiger partial charge < -0.3 is 15.8 Å². The van der Waals surface area contributed by atoms with Gasteiger partial charge in [-0.2, -0.15) is 0 Å². The smallest absolute Gasteiger partial charge is 0.0936 e. The lowest BCUT2D eigenvalue weighted by Crippen LogP contribution is -2.27. The van der Waals surface area contributed by atoms with Crippen LogP contribution in [0.2, 0.25) is 0 Å². The number of nitrogens with one attached hydrogen (secondary N) is 1. The van der Waals surface area contributed by atoms with Crippen LogP contribution >= 0.6 is 0 Å². The summed E-state index contributed by atoms with van der Waals surface area (Å²) in [6, 6.07) is 4.25. The molecule has 0 radical (unpaired) electrons. The highest BCUT2D eigenvalue weighted by atomic mass is 16.3. The first-order valence-electron chi connectivity index (χ1n) is 11.3. The number of fused-ring (bicyclic) bond motifs is 2. The van der Waals surface area contributed by atoms with Gasteiger partial charge in [0.05, 0.1) is 17.1 Å². The van der Waals surface area contributed by atoms with Crippen molar-refractivity contribution in [2.45, 2.75) is 86.7 Å². The maximum atomic E-state index is 9.99. The zero-order valence-corrected chi connectivity index (χ0v) is 19.7. The first-order chi connectivity index (χ1) is 13.8. The lowest BCUT2D eigenvalue weighted by atomic mass is 9.71. The highest BCUT2D eigenvalue weighted by Gasteiger charge is 2.29. The van der Waals surface area contributed by atoms with Gasteiger partial charge in [0, 0.05) is 17.9 Å². The number of aliphatic hydroxyl groups is 1. The minimum Gasteiger partial charge on any atom is -0.387 e. The van der Waals surface area contributed by atoms with Crippen molar-refractivity contribution < 1.29 is 5.11 Å². The van der Waals surface area contributed by atoms with E-state index in [1.807, 2.05) is 32.9 Å². The summed E-state index contributed by atoms with van der Waals surface area (Å²) in [6.45, 7) is 15.7. The molecule has 0 amide bonds. The van der Waals surface area contributed by atoms with E-state index in [0.717, 1.165) is 48.3 Å². The molecule has 0 saturated carbocycles. The van der Waals surface area contributed by atoms with Gasteiger partial charge in [-0.05, 0) is 61.1 Å². The van der Waals surface area contributed by atoms with Crippen LogP contribution in [0.1, 0.15) is 90.8 Å². The summed E-state index contributed by atoms with van der Waals surface area (Å²) in [7, 11) is 0. The minimum atomic E-state index is -0.418. The molecule has 1 aliphatic carbocycles. The first-order valence-corrected chi connectivity index (χ1v) is 11.3. The summed E-state index contributed by atoms with van der Waals surface area (Å²) in [5.41, 5.74) is 11.0. The van der Waals surface area contributed by atoms with Gasteiger partial charge in [0.1, 0.15) is 0 Å². The summed E-state index contributed by atoms with van der Waals surface area (Å²) in [6.07, 6.45) is 8.83. The molecule has 2 aromatic rings. The molecule has 0 aliphatic heterocycles. The fourth-order valence-corrected chi connectivity index (χ4v) is 3.63. The number of rotatable bonds is 4. The average Bonchev–Trinajstić information content (AvgIpc) is 3.13. The van der Waals surface area contributed by atoms with Crippen LogP contribution in [0, 0.1) is 11.3 Å². The van der Waals surface area contributed by atoms with E-state index in [4.69, 9.17) is 10.7 Å². The van der Waals surface area contributed by atoms with E-state index in [9.17, 15) is 5.11 Å². The summed E-state index contributed by atoms with van der Waals surface area (Å²) in [5.74, 6) is 0.722. The monoisotopic (exact) mass is 401 g/mol. The van der Waals surface area contributed by atoms with Crippen LogP contribution in [0.5, 0.6) is 0 Å². The van der Waals surface area contributed by atoms with E-state index < -0.39 is 6.10 Å². The summed E-state index contributed by atoms with van der Waals surface area (Å²) >= 11 is 0. The zero-order valence-electron chi connectivity index (χ0n) is 19.7. The van der Waals surface area contributed by atoms with Crippen molar-refractivity contribution in [3.05, 3.63) is 41.2 Å². The number of nitrogens with zero attached hydrogens (tertiary/aromatic N) is 1. The fourth-order valence-electron chi connectivity index (χ4n) is 3.63. The third-order valence-corrected chi connectivity index (χ3v) is 5.50. The number of aromatic nitrogens is 2. The number of pyridine rings is 1. The molecule has 0 aromatic carbocycles. The molecule has 2 aromatic heterocycles. The van der Waals surface area contributed by atoms with Gasteiger partial charge in [-0.1, -0.05) is 60.6 Å². The van der Waals surface area contributed by atoms with E-state index in [0.29, 0.717) is 12.0 Å². The van der Waals surface area contributed by atoms with E-state index in [1.54, 1.807) is 0 Å². The lowest BCUT2D eigenvalue weighted by molar-refractivity contribution is 0.170. The molecule has 164 valence electrons. The number of aromatic amines is 1. The molecule has 2 heterocycles. The van der Waals surface area contributed by atoms with Crippen molar-refractivity contribution in [3.8, 4) is 0 Å². The number of aryl methyl sites for hydroxylation is 1. The SMILES string of the molecule is CC.CC/C=C/CN.CCC(O)c1cc2nc3c(cc2[nH]1)CC(C(C)(C)C)CC3. The highest BCUT2D eigenvalue weighted by Crippen LogP contribution is 2.37. The normalized spacial score (nSPS) is 17.2. The van der Waals surface area contributed by atoms with Gasteiger partial charge in [-0.25, -0.2) is 0 Å². The van der Waals surface area contributed by atoms with Crippen molar-refractivity contribution in [1.29, 1.82) is 0 Å². The van der Waals surface area contributed by atoms with Gasteiger partial charge in [0.15, 0.2) is 0 Å². The summed E-state index contributed by atoms with van der Waals surface area (Å²) in [4.78, 5) is 8.16. The lowest BCUT2D eigenvalue weighted by Gasteiger charge is -2.34. The van der Waals surface area contributed by atoms with Gasteiger partial charge >= 0.3 is 0 Å². The van der Waals surface area contributed by atoms with Crippen LogP contribution in [-0.4, -0.2) is 21.6 Å². The van der Waals surface area contributed by atoms with Crippen LogP contribution in [0.4, 0.5) is 0 Å². The fraction of sp³-hybridized carbons (Fsp3) is 0.640. The van der Waals surface area contributed by atoms with Crippen molar-refractivity contribution in [2.24, 2.45) is 17.1 Å². The van der Waals surface area contributed by atoms with Crippen molar-refractivity contribution in [3.63, 3.8) is 0 Å². The highest BCUT2D eigenvalue weighted by molar-refractivity contribution is 5.77. The maximum absolute atomic E-state index is 9.99. The second kappa shape index (κ2) is 12.1. The summed E-state index contributed by atoms with van der Waals surface area (Å²) in [5, 5.41) is 9.99. The van der Waals surface area contributed by atoms with Gasteiger partial charge in [0.2, 0.25) is 0 Å². The average molecular weight is 402 g/mol. The van der Waals surface area contributed by atoms with Crippen molar-refractivity contribution >= 4 is 11.0 Å². The molecule has 0 fully saturated rings. The molecule has 4 N–H and O–H groups in total. The van der Waals surface area contributed by atoms with Crippen LogP contribution in [0.3, 0.4) is 0 Å². The number of allylic oxidation sites excluding steroid dienone is 1. The number of hydrogen-bond acceptors (Lipinski definition) is 3. The molecule has 4 nitrogen and oxygen atoms in total. The molecule has 29 heavy (non-hydrogen) atoms. The molecule has 1 aliphatic rings. The van der Waals surface area contributed by atoms with E-state index in [-0.39, 0.29) is 0 Å². The van der Waals surface area contributed by atoms with E-state index >= 15 is 0 Å². The molecule has 2 unspecified atom stereocenters. The number of hydrogen-bond donors (Lipinski definition) is 3. The Kier molecular flexibility index (Phi) is 10.6. The minimum absolute atomic E-state index is 0.353. The molecule has 0 bridgehead atoms. The van der Waals surface area contributed by atoms with Crippen LogP contribution in [-0.2, 0) is 12.8 Å². The topological polar surface area (TPSA) is 74.9 Å². The largest absolute Gasteiger partial charge is 0.387 e. The Morgan fingerprint density at radius 2 is 1.93 bits per heavy atom.